The van der Waals surface area contributed by atoms with Gasteiger partial charge in [-0.2, -0.15) is 0 Å². The second-order valence-electron chi connectivity index (χ2n) is 5.46. The van der Waals surface area contributed by atoms with Gasteiger partial charge in [0.05, 0.1) is 7.11 Å². The van der Waals surface area contributed by atoms with E-state index in [-0.39, 0.29) is 5.91 Å². The zero-order chi connectivity index (χ0) is 15.4. The Balaban J connectivity index is 2.18. The quantitative estimate of drug-likeness (QED) is 0.852. The number of carbonyl (C=O) groups is 2. The fraction of sp³-hybridized carbons (Fsp3) is 0.500. The van der Waals surface area contributed by atoms with Crippen LogP contribution < -0.4 is 10.2 Å². The maximum absolute atomic E-state index is 11.8. The van der Waals surface area contributed by atoms with Crippen LogP contribution in [0, 0.1) is 6.92 Å². The molecule has 21 heavy (non-hydrogen) atoms. The van der Waals surface area contributed by atoms with Gasteiger partial charge in [-0.25, -0.2) is 4.79 Å². The molecule has 0 saturated heterocycles. The smallest absolute Gasteiger partial charge is 0.330 e. The van der Waals surface area contributed by atoms with Crippen molar-refractivity contribution in [2.24, 2.45) is 0 Å². The number of anilines is 1. The molecule has 5 heteroatoms. The van der Waals surface area contributed by atoms with Crippen molar-refractivity contribution in [2.45, 2.75) is 32.7 Å². The molecule has 0 saturated carbocycles. The summed E-state index contributed by atoms with van der Waals surface area (Å²) >= 11 is 0. The summed E-state index contributed by atoms with van der Waals surface area (Å²) in [6, 6.07) is 5.71. The maximum atomic E-state index is 11.8. The van der Waals surface area contributed by atoms with Crippen LogP contribution in [0.15, 0.2) is 18.2 Å². The third kappa shape index (κ3) is 3.74. The summed E-state index contributed by atoms with van der Waals surface area (Å²) < 4.78 is 4.78. The van der Waals surface area contributed by atoms with Crippen molar-refractivity contribution in [3.05, 3.63) is 29.3 Å². The Morgan fingerprint density at radius 2 is 2.19 bits per heavy atom. The first kappa shape index (κ1) is 15.4. The van der Waals surface area contributed by atoms with E-state index in [1.54, 1.807) is 0 Å². The van der Waals surface area contributed by atoms with Crippen molar-refractivity contribution >= 4 is 17.6 Å². The minimum Gasteiger partial charge on any atom is -0.467 e. The minimum absolute atomic E-state index is 0.230. The van der Waals surface area contributed by atoms with E-state index in [1.165, 1.54) is 25.2 Å². The predicted molar refractivity (Wildman–Crippen MR) is 81.3 cm³/mol. The lowest BCUT2D eigenvalue weighted by atomic mass is 9.99. The second-order valence-corrected chi connectivity index (χ2v) is 5.46. The lowest BCUT2D eigenvalue weighted by Gasteiger charge is -2.33. The Bertz CT molecular complexity index is 542. The molecule has 0 bridgehead atoms. The van der Waals surface area contributed by atoms with Crippen LogP contribution in [0.2, 0.25) is 0 Å². The molecule has 0 aromatic heterocycles. The Kier molecular flexibility index (Phi) is 4.83. The number of nitrogens with zero attached hydrogens (tertiary/aromatic N) is 1. The number of rotatable bonds is 4. The Morgan fingerprint density at radius 3 is 2.86 bits per heavy atom. The topological polar surface area (TPSA) is 58.6 Å². The number of fused-ring (bicyclic) bond motifs is 1. The van der Waals surface area contributed by atoms with Gasteiger partial charge < -0.3 is 15.0 Å². The Labute approximate surface area is 125 Å². The zero-order valence-corrected chi connectivity index (χ0v) is 12.8. The van der Waals surface area contributed by atoms with Crippen molar-refractivity contribution in [3.63, 3.8) is 0 Å². The van der Waals surface area contributed by atoms with Gasteiger partial charge in [-0.1, -0.05) is 17.7 Å². The van der Waals surface area contributed by atoms with Crippen LogP contribution in [0.3, 0.4) is 0 Å². The minimum atomic E-state index is -0.639. The van der Waals surface area contributed by atoms with Gasteiger partial charge in [-0.15, -0.1) is 0 Å². The summed E-state index contributed by atoms with van der Waals surface area (Å²) in [6.45, 7) is 4.79. The fourth-order valence-corrected chi connectivity index (χ4v) is 2.78. The van der Waals surface area contributed by atoms with Crippen LogP contribution in [0.5, 0.6) is 0 Å². The van der Waals surface area contributed by atoms with Gasteiger partial charge in [-0.05, 0) is 31.4 Å². The van der Waals surface area contributed by atoms with E-state index in [4.69, 9.17) is 4.74 Å². The standard InChI is InChI=1S/C16H22N2O3/c1-11-6-7-15-13(9-11)5-4-8-18(15)10-14(16(20)21-3)17-12(2)19/h6-7,9,14H,4-5,8,10H2,1-3H3,(H,17,19). The third-order valence-corrected chi connectivity index (χ3v) is 3.72. The van der Waals surface area contributed by atoms with Gasteiger partial charge >= 0.3 is 5.97 Å². The second kappa shape index (κ2) is 6.61. The molecule has 1 aromatic rings. The molecule has 1 aliphatic heterocycles. The number of nitrogens with one attached hydrogen (secondary N) is 1. The van der Waals surface area contributed by atoms with Crippen LogP contribution in [0.25, 0.3) is 0 Å². The third-order valence-electron chi connectivity index (χ3n) is 3.72. The molecule has 0 aliphatic carbocycles. The molecule has 1 aliphatic rings. The summed E-state index contributed by atoms with van der Waals surface area (Å²) in [4.78, 5) is 25.2. The van der Waals surface area contributed by atoms with Gasteiger partial charge in [0.2, 0.25) is 5.91 Å². The Hall–Kier alpha value is -2.04. The zero-order valence-electron chi connectivity index (χ0n) is 12.8. The fourth-order valence-electron chi connectivity index (χ4n) is 2.78. The molecule has 2 rings (SSSR count). The molecule has 1 unspecified atom stereocenters. The first-order valence-electron chi connectivity index (χ1n) is 7.20. The maximum Gasteiger partial charge on any atom is 0.330 e. The van der Waals surface area contributed by atoms with E-state index < -0.39 is 12.0 Å². The van der Waals surface area contributed by atoms with E-state index in [9.17, 15) is 9.59 Å². The highest BCUT2D eigenvalue weighted by atomic mass is 16.5. The molecule has 1 amide bonds. The van der Waals surface area contributed by atoms with Crippen molar-refractivity contribution < 1.29 is 14.3 Å². The van der Waals surface area contributed by atoms with Gasteiger partial charge in [0.25, 0.3) is 0 Å². The van der Waals surface area contributed by atoms with Crippen LogP contribution in [-0.4, -0.2) is 38.1 Å². The largest absolute Gasteiger partial charge is 0.467 e. The molecule has 1 N–H and O–H groups in total. The van der Waals surface area contributed by atoms with Crippen molar-refractivity contribution in [3.8, 4) is 0 Å². The van der Waals surface area contributed by atoms with Crippen LogP contribution in [0.1, 0.15) is 24.5 Å². The normalized spacial score (nSPS) is 15.1. The number of hydrogen-bond donors (Lipinski definition) is 1. The molecule has 1 heterocycles. The monoisotopic (exact) mass is 290 g/mol. The van der Waals surface area contributed by atoms with Crippen molar-refractivity contribution in [1.82, 2.24) is 5.32 Å². The molecule has 0 fully saturated rings. The average Bonchev–Trinajstić information content (AvgIpc) is 2.45. The van der Waals surface area contributed by atoms with Crippen LogP contribution >= 0.6 is 0 Å². The lowest BCUT2D eigenvalue weighted by Crippen LogP contribution is -2.49. The molecule has 0 spiro atoms. The molecular weight excluding hydrogens is 268 g/mol. The highest BCUT2D eigenvalue weighted by Gasteiger charge is 2.26. The summed E-state index contributed by atoms with van der Waals surface area (Å²) in [7, 11) is 1.34. The molecule has 5 nitrogen and oxygen atoms in total. The summed E-state index contributed by atoms with van der Waals surface area (Å²) in [5.74, 6) is -0.643. The molecule has 0 radical (unpaired) electrons. The van der Waals surface area contributed by atoms with Gasteiger partial charge in [0.1, 0.15) is 6.04 Å². The highest BCUT2D eigenvalue weighted by molar-refractivity contribution is 5.83. The lowest BCUT2D eigenvalue weighted by molar-refractivity contribution is -0.144. The van der Waals surface area contributed by atoms with Crippen molar-refractivity contribution in [2.75, 3.05) is 25.1 Å². The number of hydrogen-bond acceptors (Lipinski definition) is 4. The van der Waals surface area contributed by atoms with Crippen LogP contribution in [-0.2, 0) is 20.7 Å². The number of methoxy groups -OCH3 is 1. The van der Waals surface area contributed by atoms with E-state index in [1.807, 2.05) is 0 Å². The number of ether oxygens (including phenoxy) is 1. The van der Waals surface area contributed by atoms with Crippen molar-refractivity contribution in [1.29, 1.82) is 0 Å². The number of benzene rings is 1. The average molecular weight is 290 g/mol. The first-order chi connectivity index (χ1) is 10.0. The molecular formula is C16H22N2O3. The van der Waals surface area contributed by atoms with Gasteiger partial charge in [0, 0.05) is 25.7 Å². The van der Waals surface area contributed by atoms with E-state index >= 15 is 0 Å². The Morgan fingerprint density at radius 1 is 1.43 bits per heavy atom. The number of aryl methyl sites for hydroxylation is 2. The molecule has 114 valence electrons. The van der Waals surface area contributed by atoms with Crippen LogP contribution in [0.4, 0.5) is 5.69 Å². The highest BCUT2D eigenvalue weighted by Crippen LogP contribution is 2.28. The number of esters is 1. The number of amides is 1. The number of carbonyl (C=O) groups excluding carboxylic acids is 2. The predicted octanol–water partition coefficient (Wildman–Crippen LogP) is 1.43. The van der Waals surface area contributed by atoms with Gasteiger partial charge in [0.15, 0.2) is 0 Å². The van der Waals surface area contributed by atoms with E-state index in [0.29, 0.717) is 6.54 Å². The SMILES string of the molecule is COC(=O)C(CN1CCCc2cc(C)ccc21)NC(C)=O. The summed E-state index contributed by atoms with van der Waals surface area (Å²) in [5, 5.41) is 2.66. The van der Waals surface area contributed by atoms with Gasteiger partial charge in [-0.3, -0.25) is 4.79 Å². The molecule has 1 atom stereocenters. The molecule has 1 aromatic carbocycles. The van der Waals surface area contributed by atoms with E-state index in [2.05, 4.69) is 35.3 Å². The summed E-state index contributed by atoms with van der Waals surface area (Å²) in [6.07, 6.45) is 2.10. The first-order valence-corrected chi connectivity index (χ1v) is 7.20. The van der Waals surface area contributed by atoms with E-state index in [0.717, 1.165) is 25.1 Å². The summed E-state index contributed by atoms with van der Waals surface area (Å²) in [5.41, 5.74) is 3.68.